The molecule has 2 rings (SSSR count). The molecule has 0 saturated heterocycles. The molecule has 4 heteroatoms. The van der Waals surface area contributed by atoms with Gasteiger partial charge in [0.05, 0.1) is 18.8 Å². The first kappa shape index (κ1) is 29.4. The van der Waals surface area contributed by atoms with Crippen LogP contribution >= 0.6 is 0 Å². The Bertz CT molecular complexity index is 956. The number of benzene rings is 2. The van der Waals surface area contributed by atoms with Crippen molar-refractivity contribution in [2.75, 3.05) is 13.2 Å². The van der Waals surface area contributed by atoms with Crippen molar-refractivity contribution in [3.05, 3.63) is 65.0 Å². The average molecular weight is 495 g/mol. The molecule has 0 aliphatic heterocycles. The number of halogens is 1. The van der Waals surface area contributed by atoms with Crippen LogP contribution in [0.2, 0.25) is 0 Å². The van der Waals surface area contributed by atoms with Gasteiger partial charge >= 0.3 is 5.97 Å². The quantitative estimate of drug-likeness (QED) is 0.133. The lowest BCUT2D eigenvalue weighted by atomic mass is 10.0. The van der Waals surface area contributed by atoms with Crippen LogP contribution in [0.15, 0.2) is 42.5 Å². The van der Waals surface area contributed by atoms with Crippen molar-refractivity contribution in [1.82, 2.24) is 0 Å². The fourth-order valence-electron chi connectivity index (χ4n) is 3.84. The molecule has 0 unspecified atom stereocenters. The third kappa shape index (κ3) is 11.8. The summed E-state index contributed by atoms with van der Waals surface area (Å²) >= 11 is 0. The molecule has 0 saturated carbocycles. The van der Waals surface area contributed by atoms with Gasteiger partial charge in [-0.25, -0.2) is 9.18 Å². The van der Waals surface area contributed by atoms with Gasteiger partial charge in [0.2, 0.25) is 0 Å². The zero-order valence-electron chi connectivity index (χ0n) is 22.4. The number of carbonyl (C=O) groups excluding carboxylic acids is 1. The van der Waals surface area contributed by atoms with Gasteiger partial charge in [-0.1, -0.05) is 84.0 Å². The second-order valence-corrected chi connectivity index (χ2v) is 9.58. The standard InChI is InChI=1S/C32H43FO3/c1-4-6-7-8-9-10-11-12-23-35-29-20-17-27(18-21-29)15-16-28-19-22-30(31(33)25-28)32(34)36-24-13-14-26(3)5-2/h17-22,25-26H,4-14,23-24H2,1-3H3/t26-/m0/s1. The fraction of sp³-hybridized carbons (Fsp3) is 0.531. The van der Waals surface area contributed by atoms with Crippen molar-refractivity contribution >= 4 is 5.97 Å². The third-order valence-corrected chi connectivity index (χ3v) is 6.43. The van der Waals surface area contributed by atoms with Crippen LogP contribution in [-0.2, 0) is 4.74 Å². The Morgan fingerprint density at radius 2 is 1.47 bits per heavy atom. The minimum Gasteiger partial charge on any atom is -0.494 e. The van der Waals surface area contributed by atoms with E-state index in [0.29, 0.717) is 18.1 Å². The van der Waals surface area contributed by atoms with Crippen molar-refractivity contribution in [2.45, 2.75) is 91.4 Å². The molecule has 3 nitrogen and oxygen atoms in total. The van der Waals surface area contributed by atoms with Crippen LogP contribution in [0.1, 0.15) is 113 Å². The summed E-state index contributed by atoms with van der Waals surface area (Å²) in [5.41, 5.74) is 1.28. The van der Waals surface area contributed by atoms with E-state index in [2.05, 4.69) is 32.6 Å². The second-order valence-electron chi connectivity index (χ2n) is 9.58. The lowest BCUT2D eigenvalue weighted by Gasteiger charge is -2.09. The molecule has 2 aromatic carbocycles. The third-order valence-electron chi connectivity index (χ3n) is 6.43. The van der Waals surface area contributed by atoms with E-state index in [-0.39, 0.29) is 5.56 Å². The molecule has 0 aliphatic carbocycles. The number of rotatable bonds is 16. The maximum atomic E-state index is 14.5. The Balaban J connectivity index is 1.74. The Morgan fingerprint density at radius 3 is 2.14 bits per heavy atom. The van der Waals surface area contributed by atoms with Crippen molar-refractivity contribution in [3.8, 4) is 17.6 Å². The van der Waals surface area contributed by atoms with Crippen LogP contribution in [0.4, 0.5) is 4.39 Å². The Labute approximate surface area is 217 Å². The molecule has 0 bridgehead atoms. The van der Waals surface area contributed by atoms with Crippen molar-refractivity contribution in [2.24, 2.45) is 5.92 Å². The van der Waals surface area contributed by atoms with E-state index >= 15 is 0 Å². The zero-order valence-corrected chi connectivity index (χ0v) is 22.4. The second kappa shape index (κ2) is 17.6. The smallest absolute Gasteiger partial charge is 0.341 e. The van der Waals surface area contributed by atoms with Gasteiger partial charge in [-0.2, -0.15) is 0 Å². The van der Waals surface area contributed by atoms with Crippen molar-refractivity contribution in [3.63, 3.8) is 0 Å². The summed E-state index contributed by atoms with van der Waals surface area (Å²) in [7, 11) is 0. The number of esters is 1. The van der Waals surface area contributed by atoms with Gasteiger partial charge in [-0.3, -0.25) is 0 Å². The van der Waals surface area contributed by atoms with Gasteiger partial charge < -0.3 is 9.47 Å². The van der Waals surface area contributed by atoms with Crippen LogP contribution < -0.4 is 4.74 Å². The summed E-state index contributed by atoms with van der Waals surface area (Å²) in [4.78, 5) is 12.2. The van der Waals surface area contributed by atoms with Crippen LogP contribution in [0, 0.1) is 23.6 Å². The molecule has 0 fully saturated rings. The molecule has 2 aromatic rings. The average Bonchev–Trinajstić information content (AvgIpc) is 2.89. The molecule has 196 valence electrons. The minimum atomic E-state index is -0.626. The molecular formula is C32H43FO3. The van der Waals surface area contributed by atoms with Crippen molar-refractivity contribution in [1.29, 1.82) is 0 Å². The molecule has 1 atom stereocenters. The molecule has 0 aromatic heterocycles. The summed E-state index contributed by atoms with van der Waals surface area (Å²) in [5, 5.41) is 0. The van der Waals surface area contributed by atoms with Gasteiger partial charge in [0.1, 0.15) is 11.6 Å². The van der Waals surface area contributed by atoms with Crippen molar-refractivity contribution < 1.29 is 18.7 Å². The number of carbonyl (C=O) groups is 1. The van der Waals surface area contributed by atoms with E-state index < -0.39 is 11.8 Å². The topological polar surface area (TPSA) is 35.5 Å². The maximum Gasteiger partial charge on any atom is 0.341 e. The summed E-state index contributed by atoms with van der Waals surface area (Å²) < 4.78 is 25.5. The van der Waals surface area contributed by atoms with Crippen LogP contribution in [0.3, 0.4) is 0 Å². The molecule has 0 N–H and O–H groups in total. The van der Waals surface area contributed by atoms with E-state index in [1.165, 1.54) is 57.1 Å². The monoisotopic (exact) mass is 494 g/mol. The Morgan fingerprint density at radius 1 is 0.833 bits per heavy atom. The van der Waals surface area contributed by atoms with E-state index in [4.69, 9.17) is 9.47 Å². The molecule has 36 heavy (non-hydrogen) atoms. The Kier molecular flexibility index (Phi) is 14.4. The highest BCUT2D eigenvalue weighted by molar-refractivity contribution is 5.89. The summed E-state index contributed by atoms with van der Waals surface area (Å²) in [6.45, 7) is 7.59. The van der Waals surface area contributed by atoms with Crippen LogP contribution in [0.5, 0.6) is 5.75 Å². The number of hydrogen-bond acceptors (Lipinski definition) is 3. The van der Waals surface area contributed by atoms with E-state index in [0.717, 1.165) is 43.6 Å². The Hall–Kier alpha value is -2.80. The van der Waals surface area contributed by atoms with Crippen LogP contribution in [-0.4, -0.2) is 19.2 Å². The number of unbranched alkanes of at least 4 members (excludes halogenated alkanes) is 7. The highest BCUT2D eigenvalue weighted by atomic mass is 19.1. The molecule has 0 amide bonds. The number of hydrogen-bond donors (Lipinski definition) is 0. The molecule has 0 heterocycles. The minimum absolute atomic E-state index is 0.0536. The van der Waals surface area contributed by atoms with E-state index in [9.17, 15) is 9.18 Å². The van der Waals surface area contributed by atoms with Gasteiger partial charge in [-0.15, -0.1) is 0 Å². The highest BCUT2D eigenvalue weighted by Crippen LogP contribution is 2.15. The molecular weight excluding hydrogens is 451 g/mol. The first-order valence-corrected chi connectivity index (χ1v) is 13.7. The molecule has 0 radical (unpaired) electrons. The highest BCUT2D eigenvalue weighted by Gasteiger charge is 2.13. The SMILES string of the molecule is CCCCCCCCCCOc1ccc(C#Cc2ccc(C(=O)OCCC[C@@H](C)CC)c(F)c2)cc1. The lowest BCUT2D eigenvalue weighted by Crippen LogP contribution is -2.09. The lowest BCUT2D eigenvalue weighted by molar-refractivity contribution is 0.0488. The first-order chi connectivity index (χ1) is 17.5. The number of ether oxygens (including phenoxy) is 2. The zero-order chi connectivity index (χ0) is 26.0. The first-order valence-electron chi connectivity index (χ1n) is 13.7. The van der Waals surface area contributed by atoms with Gasteiger partial charge in [-0.05, 0) is 67.6 Å². The van der Waals surface area contributed by atoms with E-state index in [1.807, 2.05) is 24.3 Å². The van der Waals surface area contributed by atoms with Gasteiger partial charge in [0, 0.05) is 11.1 Å². The predicted octanol–water partition coefficient (Wildman–Crippen LogP) is 8.73. The fourth-order valence-corrected chi connectivity index (χ4v) is 3.84. The summed E-state index contributed by atoms with van der Waals surface area (Å²) in [5.74, 6) is 6.19. The maximum absolute atomic E-state index is 14.5. The van der Waals surface area contributed by atoms with Crippen LogP contribution in [0.25, 0.3) is 0 Å². The normalized spacial score (nSPS) is 11.4. The summed E-state index contributed by atoms with van der Waals surface area (Å²) in [6, 6.07) is 12.0. The predicted molar refractivity (Wildman–Crippen MR) is 146 cm³/mol. The van der Waals surface area contributed by atoms with E-state index in [1.54, 1.807) is 6.07 Å². The molecule has 0 spiro atoms. The van der Waals surface area contributed by atoms with Gasteiger partial charge in [0.15, 0.2) is 0 Å². The molecule has 0 aliphatic rings. The largest absolute Gasteiger partial charge is 0.494 e. The van der Waals surface area contributed by atoms with Gasteiger partial charge in [0.25, 0.3) is 0 Å². The summed E-state index contributed by atoms with van der Waals surface area (Å²) in [6.07, 6.45) is 13.1.